The minimum absolute atomic E-state index is 0.0308. The molecule has 4 bridgehead atoms. The molecule has 2 aromatic carbocycles. The van der Waals surface area contributed by atoms with E-state index in [-0.39, 0.29) is 60.9 Å². The number of fused-ring (bicyclic) bond motifs is 10. The lowest BCUT2D eigenvalue weighted by molar-refractivity contribution is -0.262. The number of carbonyl (C=O) groups is 4. The van der Waals surface area contributed by atoms with Gasteiger partial charge in [-0.15, -0.1) is 0 Å². The lowest BCUT2D eigenvalue weighted by Gasteiger charge is -2.40. The number of anilines is 2. The molecule has 2 amide bonds. The molecule has 22 heteroatoms. The van der Waals surface area contributed by atoms with Gasteiger partial charge >= 0.3 is 24.1 Å². The first-order chi connectivity index (χ1) is 27.2. The molecule has 14 N–H and O–H groups in total. The summed E-state index contributed by atoms with van der Waals surface area (Å²) in [6, 6.07) is 9.86. The minimum Gasteiger partial charge on any atom is -0.481 e. The fourth-order valence-corrected chi connectivity index (χ4v) is 8.42. The van der Waals surface area contributed by atoms with E-state index in [1.165, 1.54) is 32.2 Å². The Bertz CT molecular complexity index is 2220. The molecule has 0 radical (unpaired) electrons. The van der Waals surface area contributed by atoms with Crippen molar-refractivity contribution in [3.05, 3.63) is 83.0 Å². The zero-order valence-electron chi connectivity index (χ0n) is 30.9. The van der Waals surface area contributed by atoms with Crippen molar-refractivity contribution in [1.82, 2.24) is 30.1 Å². The van der Waals surface area contributed by atoms with Gasteiger partial charge in [0.25, 0.3) is 0 Å². The van der Waals surface area contributed by atoms with Crippen LogP contribution in [0.1, 0.15) is 73.7 Å². The van der Waals surface area contributed by atoms with Crippen LogP contribution in [0.25, 0.3) is 11.1 Å². The maximum Gasteiger partial charge on any atom is 0.409 e. The van der Waals surface area contributed by atoms with Gasteiger partial charge in [-0.05, 0) is 55.5 Å². The molecule has 4 aliphatic rings. The van der Waals surface area contributed by atoms with Crippen LogP contribution in [0.5, 0.6) is 0 Å². The number of aromatic nitrogens is 4. The summed E-state index contributed by atoms with van der Waals surface area (Å²) in [4.78, 5) is 57.6. The van der Waals surface area contributed by atoms with Gasteiger partial charge in [-0.3, -0.25) is 20.2 Å². The number of aromatic amines is 2. The Kier molecular flexibility index (Phi) is 10.8. The SMILES string of the molecule is CC(O)CC(=O)O.CC(O)CC(=O)O.O=C(O)Nc1cc(C23CCN(O)[C@@]2(O)c2ncc3[nH]2)c(NC(=O)O)cc1-c1ccc(C23CCN(O)[C@@]2(O)c2ncc3[nH]2)cc1. The molecule has 0 aliphatic carbocycles. The van der Waals surface area contributed by atoms with Crippen LogP contribution in [0.3, 0.4) is 0 Å². The van der Waals surface area contributed by atoms with Crippen molar-refractivity contribution in [1.29, 1.82) is 0 Å². The highest BCUT2D eigenvalue weighted by Gasteiger charge is 2.69. The number of hydroxylamine groups is 4. The normalized spacial score (nSPS) is 26.0. The van der Waals surface area contributed by atoms with Crippen LogP contribution in [-0.4, -0.2) is 131 Å². The van der Waals surface area contributed by atoms with Gasteiger partial charge < -0.3 is 61.2 Å². The van der Waals surface area contributed by atoms with Crippen molar-refractivity contribution < 1.29 is 70.4 Å². The van der Waals surface area contributed by atoms with Crippen molar-refractivity contribution in [2.75, 3.05) is 23.7 Å². The highest BCUT2D eigenvalue weighted by molar-refractivity contribution is 5.95. The Balaban J connectivity index is 0.000000349. The molecule has 22 nitrogen and oxygen atoms in total. The minimum atomic E-state index is -2.04. The van der Waals surface area contributed by atoms with E-state index in [2.05, 4.69) is 30.6 Å². The highest BCUT2D eigenvalue weighted by Crippen LogP contribution is 2.61. The number of nitrogens with one attached hydrogen (secondary N) is 4. The molecule has 2 saturated heterocycles. The van der Waals surface area contributed by atoms with Gasteiger partial charge in [0, 0.05) is 36.7 Å². The van der Waals surface area contributed by atoms with Gasteiger partial charge in [-0.25, -0.2) is 19.6 Å². The lowest BCUT2D eigenvalue weighted by atomic mass is 9.69. The second-order valence-electron chi connectivity index (χ2n) is 14.5. The van der Waals surface area contributed by atoms with Crippen LogP contribution in [0.15, 0.2) is 48.8 Å². The summed E-state index contributed by atoms with van der Waals surface area (Å²) >= 11 is 0. The largest absolute Gasteiger partial charge is 0.481 e. The van der Waals surface area contributed by atoms with Crippen molar-refractivity contribution in [2.24, 2.45) is 0 Å². The standard InChI is InChI=1S/C28H26N8O8.2C4H8O3/c37-23(38)31-17-10-16(26-6-8-36(44)28(26,42)22-30-12-20(26)34-22)18(32-24(39)40)9-15(17)13-1-3-14(4-2-13)25-5-7-35(43)27(25,41)21-29-11-19(25)33-21;2*1-3(5)2-4(6)7/h1-4,9-12,31-32,41-44H,5-8H2,(H,29,33)(H,30,34)(H,37,38)(H,39,40);2*3,5H,2H2,1H3,(H,6,7)/t25?,26?,27-,28-;;/m1../s1. The number of carboxylic acid groups (broad SMARTS) is 4. The van der Waals surface area contributed by atoms with E-state index in [1.54, 1.807) is 30.5 Å². The Morgan fingerprint density at radius 3 is 1.62 bits per heavy atom. The van der Waals surface area contributed by atoms with Crippen molar-refractivity contribution >= 4 is 35.5 Å². The second kappa shape index (κ2) is 15.1. The zero-order valence-corrected chi connectivity index (χ0v) is 30.9. The predicted molar refractivity (Wildman–Crippen MR) is 196 cm³/mol. The number of H-pyrrole nitrogens is 2. The number of hydrogen-bond acceptors (Lipinski definition) is 14. The van der Waals surface area contributed by atoms with Crippen LogP contribution in [-0.2, 0) is 31.9 Å². The van der Waals surface area contributed by atoms with Crippen LogP contribution in [0.2, 0.25) is 0 Å². The van der Waals surface area contributed by atoms with Crippen molar-refractivity contribution in [2.45, 2.75) is 74.0 Å². The number of imidazole rings is 2. The molecule has 6 atom stereocenters. The van der Waals surface area contributed by atoms with E-state index in [0.717, 1.165) is 10.1 Å². The van der Waals surface area contributed by atoms with E-state index < -0.39 is 58.6 Å². The summed E-state index contributed by atoms with van der Waals surface area (Å²) in [7, 11) is 0. The van der Waals surface area contributed by atoms with E-state index >= 15 is 0 Å². The van der Waals surface area contributed by atoms with Gasteiger partial charge in [0.15, 0.2) is 11.6 Å². The van der Waals surface area contributed by atoms with E-state index in [1.807, 2.05) is 0 Å². The summed E-state index contributed by atoms with van der Waals surface area (Å²) < 4.78 is 0. The summed E-state index contributed by atoms with van der Waals surface area (Å²) in [6.07, 6.45) is -0.870. The molecule has 0 saturated carbocycles. The van der Waals surface area contributed by atoms with Gasteiger partial charge in [0.1, 0.15) is 0 Å². The number of amides is 2. The fourth-order valence-electron chi connectivity index (χ4n) is 8.42. The molecule has 4 aromatic rings. The molecule has 310 valence electrons. The van der Waals surface area contributed by atoms with Gasteiger partial charge in [-0.2, -0.15) is 10.1 Å². The number of carboxylic acids is 2. The third-order valence-corrected chi connectivity index (χ3v) is 10.8. The topological polar surface area (TPSA) is 358 Å². The first kappa shape index (κ1) is 41.6. The van der Waals surface area contributed by atoms with Crippen LogP contribution in [0, 0.1) is 0 Å². The average molecular weight is 811 g/mol. The Hall–Kier alpha value is -5.98. The number of aliphatic hydroxyl groups is 4. The molecular weight excluding hydrogens is 768 g/mol. The summed E-state index contributed by atoms with van der Waals surface area (Å²) in [5.41, 5.74) is -3.23. The number of hydrogen-bond donors (Lipinski definition) is 14. The van der Waals surface area contributed by atoms with E-state index in [9.17, 15) is 50.0 Å². The van der Waals surface area contributed by atoms with Crippen LogP contribution < -0.4 is 10.6 Å². The fraction of sp³-hybridized carbons (Fsp3) is 0.389. The predicted octanol–water partition coefficient (Wildman–Crippen LogP) is 1.74. The lowest BCUT2D eigenvalue weighted by Crippen LogP contribution is -2.52. The Morgan fingerprint density at radius 1 is 0.724 bits per heavy atom. The zero-order chi connectivity index (χ0) is 42.5. The molecule has 2 aromatic heterocycles. The van der Waals surface area contributed by atoms with Crippen molar-refractivity contribution in [3.8, 4) is 11.1 Å². The van der Waals surface area contributed by atoms with Crippen LogP contribution in [0.4, 0.5) is 21.0 Å². The maximum atomic E-state index is 12.0. The number of aliphatic carboxylic acids is 2. The molecule has 0 spiro atoms. The summed E-state index contributed by atoms with van der Waals surface area (Å²) in [5.74, 6) is -1.62. The third kappa shape index (κ3) is 6.50. The maximum absolute atomic E-state index is 12.0. The van der Waals surface area contributed by atoms with Crippen molar-refractivity contribution in [3.63, 3.8) is 0 Å². The third-order valence-electron chi connectivity index (χ3n) is 10.8. The second-order valence-corrected chi connectivity index (χ2v) is 14.5. The quantitative estimate of drug-likeness (QED) is 0.114. The summed E-state index contributed by atoms with van der Waals surface area (Å²) in [6.45, 7) is 3.11. The average Bonchev–Trinajstić information content (AvgIpc) is 3.97. The number of aliphatic hydroxyl groups excluding tert-OH is 2. The first-order valence-electron chi connectivity index (χ1n) is 17.8. The van der Waals surface area contributed by atoms with Gasteiger partial charge in [0.05, 0.1) is 53.0 Å². The molecule has 4 unspecified atom stereocenters. The highest BCUT2D eigenvalue weighted by atomic mass is 16.6. The number of nitrogens with zero attached hydrogens (tertiary/aromatic N) is 4. The molecule has 2 fully saturated rings. The Morgan fingerprint density at radius 2 is 1.17 bits per heavy atom. The van der Waals surface area contributed by atoms with E-state index in [0.29, 0.717) is 34.5 Å². The molecule has 6 heterocycles. The van der Waals surface area contributed by atoms with Gasteiger partial charge in [0.2, 0.25) is 11.4 Å². The monoisotopic (exact) mass is 810 g/mol. The number of rotatable bonds is 9. The molecule has 58 heavy (non-hydrogen) atoms. The molecular formula is C36H42N8O14. The van der Waals surface area contributed by atoms with Crippen LogP contribution >= 0.6 is 0 Å². The first-order valence-corrected chi connectivity index (χ1v) is 17.8. The molecule has 4 aliphatic heterocycles. The smallest absolute Gasteiger partial charge is 0.409 e. The summed E-state index contributed by atoms with van der Waals surface area (Å²) in [5, 5.41) is 103. The number of benzene rings is 2. The Labute approximate surface area is 327 Å². The van der Waals surface area contributed by atoms with E-state index in [4.69, 9.17) is 20.4 Å². The molecule has 8 rings (SSSR count). The van der Waals surface area contributed by atoms with Gasteiger partial charge in [-0.1, -0.05) is 24.3 Å².